The highest BCUT2D eigenvalue weighted by molar-refractivity contribution is 5.80. The minimum absolute atomic E-state index is 0.212. The first-order valence-corrected chi connectivity index (χ1v) is 7.20. The molecule has 0 bridgehead atoms. The van der Waals surface area contributed by atoms with Crippen molar-refractivity contribution in [3.05, 3.63) is 53.8 Å². The molecule has 3 rings (SSSR count). The molecule has 2 aromatic rings. The molecule has 0 spiro atoms. The van der Waals surface area contributed by atoms with Gasteiger partial charge in [-0.3, -0.25) is 4.79 Å². The number of halogens is 1. The Morgan fingerprint density at radius 1 is 1.26 bits per heavy atom. The maximum absolute atomic E-state index is 13.1. The fourth-order valence-electron chi connectivity index (χ4n) is 2.18. The molecule has 0 aromatic heterocycles. The van der Waals surface area contributed by atoms with Gasteiger partial charge in [-0.25, -0.2) is 4.39 Å². The Morgan fingerprint density at radius 3 is 2.91 bits per heavy atom. The summed E-state index contributed by atoms with van der Waals surface area (Å²) < 4.78 is 29.0. The molecule has 1 N–H and O–H groups in total. The van der Waals surface area contributed by atoms with Gasteiger partial charge in [0.1, 0.15) is 11.6 Å². The molecule has 0 fully saturated rings. The molecule has 0 aliphatic carbocycles. The minimum Gasteiger partial charge on any atom is -0.481 e. The van der Waals surface area contributed by atoms with Gasteiger partial charge < -0.3 is 19.5 Å². The lowest BCUT2D eigenvalue weighted by Gasteiger charge is -2.15. The lowest BCUT2D eigenvalue weighted by Crippen LogP contribution is -2.35. The lowest BCUT2D eigenvalue weighted by molar-refractivity contribution is -0.127. The summed E-state index contributed by atoms with van der Waals surface area (Å²) >= 11 is 0. The molecule has 5 nitrogen and oxygen atoms in total. The number of benzene rings is 2. The molecule has 23 heavy (non-hydrogen) atoms. The fraction of sp³-hybridized carbons (Fsp3) is 0.235. The van der Waals surface area contributed by atoms with Crippen molar-refractivity contribution in [1.82, 2.24) is 5.32 Å². The highest BCUT2D eigenvalue weighted by atomic mass is 19.1. The summed E-state index contributed by atoms with van der Waals surface area (Å²) in [4.78, 5) is 12.1. The summed E-state index contributed by atoms with van der Waals surface area (Å²) in [5.74, 6) is 0.988. The second-order valence-corrected chi connectivity index (χ2v) is 5.12. The van der Waals surface area contributed by atoms with E-state index in [1.807, 2.05) is 12.1 Å². The van der Waals surface area contributed by atoms with Crippen LogP contribution in [0.25, 0.3) is 0 Å². The van der Waals surface area contributed by atoms with Crippen molar-refractivity contribution in [2.75, 3.05) is 6.79 Å². The van der Waals surface area contributed by atoms with Crippen LogP contribution in [-0.4, -0.2) is 18.8 Å². The van der Waals surface area contributed by atoms with Gasteiger partial charge in [0.25, 0.3) is 5.91 Å². The molecular formula is C17H16FNO4. The zero-order chi connectivity index (χ0) is 16.2. The van der Waals surface area contributed by atoms with Gasteiger partial charge in [0.2, 0.25) is 6.79 Å². The van der Waals surface area contributed by atoms with E-state index in [1.165, 1.54) is 18.2 Å². The van der Waals surface area contributed by atoms with Crippen LogP contribution in [0.1, 0.15) is 12.5 Å². The van der Waals surface area contributed by atoms with Gasteiger partial charge in [-0.2, -0.15) is 0 Å². The number of carbonyl (C=O) groups excluding carboxylic acids is 1. The first-order chi connectivity index (χ1) is 11.1. The molecule has 1 aliphatic rings. The number of amides is 1. The summed E-state index contributed by atoms with van der Waals surface area (Å²) in [6, 6.07) is 11.2. The number of rotatable bonds is 5. The Bertz CT molecular complexity index is 719. The van der Waals surface area contributed by atoms with Crippen molar-refractivity contribution in [3.8, 4) is 17.2 Å². The largest absolute Gasteiger partial charge is 0.481 e. The molecule has 0 saturated carbocycles. The van der Waals surface area contributed by atoms with Crippen molar-refractivity contribution < 1.29 is 23.4 Å². The van der Waals surface area contributed by atoms with Gasteiger partial charge >= 0.3 is 0 Å². The molecule has 0 saturated heterocycles. The summed E-state index contributed by atoms with van der Waals surface area (Å²) in [7, 11) is 0. The van der Waals surface area contributed by atoms with E-state index in [-0.39, 0.29) is 12.7 Å². The smallest absolute Gasteiger partial charge is 0.261 e. The van der Waals surface area contributed by atoms with E-state index >= 15 is 0 Å². The van der Waals surface area contributed by atoms with Gasteiger partial charge in [-0.05, 0) is 36.8 Å². The van der Waals surface area contributed by atoms with Crippen molar-refractivity contribution in [3.63, 3.8) is 0 Å². The summed E-state index contributed by atoms with van der Waals surface area (Å²) in [5.41, 5.74) is 0.889. The Kier molecular flexibility index (Phi) is 4.32. The molecule has 2 aromatic carbocycles. The first kappa shape index (κ1) is 15.1. The van der Waals surface area contributed by atoms with Crippen LogP contribution in [0.4, 0.5) is 4.39 Å². The zero-order valence-electron chi connectivity index (χ0n) is 12.5. The number of hydrogen-bond acceptors (Lipinski definition) is 4. The second kappa shape index (κ2) is 6.56. The average Bonchev–Trinajstić information content (AvgIpc) is 3.00. The monoisotopic (exact) mass is 317 g/mol. The quantitative estimate of drug-likeness (QED) is 0.921. The molecule has 1 atom stereocenters. The zero-order valence-corrected chi connectivity index (χ0v) is 12.5. The fourth-order valence-corrected chi connectivity index (χ4v) is 2.18. The Balaban J connectivity index is 1.54. The molecule has 1 aliphatic heterocycles. The minimum atomic E-state index is -0.731. The van der Waals surface area contributed by atoms with E-state index in [9.17, 15) is 9.18 Å². The van der Waals surface area contributed by atoms with Crippen LogP contribution in [-0.2, 0) is 11.3 Å². The third kappa shape index (κ3) is 3.71. The molecule has 120 valence electrons. The number of fused-ring (bicyclic) bond motifs is 1. The van der Waals surface area contributed by atoms with Crippen LogP contribution < -0.4 is 19.5 Å². The number of ether oxygens (including phenoxy) is 3. The third-order valence-corrected chi connectivity index (χ3v) is 3.38. The Hall–Kier alpha value is -2.76. The van der Waals surface area contributed by atoms with Crippen molar-refractivity contribution in [1.29, 1.82) is 0 Å². The Morgan fingerprint density at radius 2 is 2.09 bits per heavy atom. The summed E-state index contributed by atoms with van der Waals surface area (Å²) in [6.45, 7) is 2.16. The second-order valence-electron chi connectivity index (χ2n) is 5.12. The predicted octanol–water partition coefficient (Wildman–Crippen LogP) is 2.64. The van der Waals surface area contributed by atoms with E-state index in [4.69, 9.17) is 14.2 Å². The van der Waals surface area contributed by atoms with Crippen LogP contribution in [0.15, 0.2) is 42.5 Å². The SMILES string of the molecule is C[C@@H](Oc1cccc(F)c1)C(=O)NCc1ccc2c(c1)OCO2. The van der Waals surface area contributed by atoms with Gasteiger partial charge in [-0.15, -0.1) is 0 Å². The topological polar surface area (TPSA) is 56.8 Å². The normalized spacial score (nSPS) is 13.5. The first-order valence-electron chi connectivity index (χ1n) is 7.20. The molecule has 1 heterocycles. The van der Waals surface area contributed by atoms with Crippen LogP contribution in [0.5, 0.6) is 17.2 Å². The van der Waals surface area contributed by atoms with Crippen LogP contribution in [0.2, 0.25) is 0 Å². The molecule has 1 amide bonds. The van der Waals surface area contributed by atoms with E-state index in [2.05, 4.69) is 5.32 Å². The molecule has 0 radical (unpaired) electrons. The maximum atomic E-state index is 13.1. The summed E-state index contributed by atoms with van der Waals surface area (Å²) in [6.07, 6.45) is -0.731. The van der Waals surface area contributed by atoms with Crippen LogP contribution in [0, 0.1) is 5.82 Å². The van der Waals surface area contributed by atoms with E-state index in [1.54, 1.807) is 19.1 Å². The van der Waals surface area contributed by atoms with Gasteiger partial charge in [0.05, 0.1) is 0 Å². The molecule has 6 heteroatoms. The number of carbonyl (C=O) groups is 1. The maximum Gasteiger partial charge on any atom is 0.261 e. The van der Waals surface area contributed by atoms with Crippen LogP contribution in [0.3, 0.4) is 0 Å². The molecule has 0 unspecified atom stereocenters. The Labute approximate surface area is 133 Å². The van der Waals surface area contributed by atoms with Gasteiger partial charge in [0.15, 0.2) is 17.6 Å². The third-order valence-electron chi connectivity index (χ3n) is 3.38. The van der Waals surface area contributed by atoms with E-state index < -0.39 is 11.9 Å². The van der Waals surface area contributed by atoms with Crippen molar-refractivity contribution in [2.45, 2.75) is 19.6 Å². The predicted molar refractivity (Wildman–Crippen MR) is 80.9 cm³/mol. The van der Waals surface area contributed by atoms with Crippen molar-refractivity contribution >= 4 is 5.91 Å². The highest BCUT2D eigenvalue weighted by Gasteiger charge is 2.16. The summed E-state index contributed by atoms with van der Waals surface area (Å²) in [5, 5.41) is 2.77. The van der Waals surface area contributed by atoms with E-state index in [0.717, 1.165) is 5.56 Å². The van der Waals surface area contributed by atoms with Crippen molar-refractivity contribution in [2.24, 2.45) is 0 Å². The van der Waals surface area contributed by atoms with Crippen LogP contribution >= 0.6 is 0 Å². The van der Waals surface area contributed by atoms with Gasteiger partial charge in [0, 0.05) is 12.6 Å². The standard InChI is InChI=1S/C17H16FNO4/c1-11(23-14-4-2-3-13(18)8-14)17(20)19-9-12-5-6-15-16(7-12)22-10-21-15/h2-8,11H,9-10H2,1H3,(H,19,20)/t11-/m1/s1. The number of nitrogens with one attached hydrogen (secondary N) is 1. The number of hydrogen-bond donors (Lipinski definition) is 1. The van der Waals surface area contributed by atoms with E-state index in [0.29, 0.717) is 23.8 Å². The lowest BCUT2D eigenvalue weighted by atomic mass is 10.2. The highest BCUT2D eigenvalue weighted by Crippen LogP contribution is 2.32. The van der Waals surface area contributed by atoms with Gasteiger partial charge in [-0.1, -0.05) is 12.1 Å². The average molecular weight is 317 g/mol. The molecular weight excluding hydrogens is 301 g/mol.